The molecule has 0 spiro atoms. The summed E-state index contributed by atoms with van der Waals surface area (Å²) in [7, 11) is 1.93. The van der Waals surface area contributed by atoms with E-state index in [0.717, 1.165) is 10.9 Å². The smallest absolute Gasteiger partial charge is 0.271 e. The van der Waals surface area contributed by atoms with Crippen LogP contribution in [-0.4, -0.2) is 10.5 Å². The Labute approximate surface area is 122 Å². The van der Waals surface area contributed by atoms with Crippen LogP contribution in [0, 0.1) is 0 Å². The molecule has 0 aliphatic carbocycles. The van der Waals surface area contributed by atoms with E-state index in [4.69, 9.17) is 0 Å². The minimum atomic E-state index is -0.219. The number of pyridine rings is 1. The number of carbonyl (C=O) groups is 1. The van der Waals surface area contributed by atoms with Crippen molar-refractivity contribution in [2.45, 2.75) is 0 Å². The highest BCUT2D eigenvalue weighted by molar-refractivity contribution is 5.93. The van der Waals surface area contributed by atoms with E-state index >= 15 is 0 Å². The van der Waals surface area contributed by atoms with Gasteiger partial charge in [0.25, 0.3) is 5.91 Å². The maximum absolute atomic E-state index is 12.0. The molecule has 0 saturated carbocycles. The highest BCUT2D eigenvalue weighted by atomic mass is 16.2. The lowest BCUT2D eigenvalue weighted by molar-refractivity contribution is 0.0952. The zero-order valence-corrected chi connectivity index (χ0v) is 11.7. The molecule has 0 aliphatic rings. The van der Waals surface area contributed by atoms with Crippen LogP contribution in [0.1, 0.15) is 10.4 Å². The van der Waals surface area contributed by atoms with Crippen molar-refractivity contribution in [1.82, 2.24) is 9.99 Å². The van der Waals surface area contributed by atoms with Crippen LogP contribution in [0.25, 0.3) is 10.9 Å². The van der Waals surface area contributed by atoms with Crippen LogP contribution in [0.15, 0.2) is 71.8 Å². The van der Waals surface area contributed by atoms with Gasteiger partial charge in [-0.3, -0.25) is 4.79 Å². The Kier molecular flexibility index (Phi) is 3.51. The SMILES string of the molecule is Cn1/c(=N/NC(=O)c2ccccc2)ccc2ccccc21. The molecule has 21 heavy (non-hydrogen) atoms. The first-order valence-corrected chi connectivity index (χ1v) is 6.69. The predicted octanol–water partition coefficient (Wildman–Crippen LogP) is 2.42. The number of nitrogens with one attached hydrogen (secondary N) is 1. The summed E-state index contributed by atoms with van der Waals surface area (Å²) in [5.41, 5.74) is 4.93. The van der Waals surface area contributed by atoms with E-state index in [1.54, 1.807) is 12.1 Å². The Balaban J connectivity index is 1.94. The summed E-state index contributed by atoms with van der Waals surface area (Å²) in [5, 5.41) is 5.33. The summed E-state index contributed by atoms with van der Waals surface area (Å²) >= 11 is 0. The van der Waals surface area contributed by atoms with Crippen molar-refractivity contribution in [1.29, 1.82) is 0 Å². The first-order chi connectivity index (χ1) is 10.3. The number of aromatic nitrogens is 1. The van der Waals surface area contributed by atoms with Crippen LogP contribution in [0.2, 0.25) is 0 Å². The molecular formula is C17H15N3O. The molecule has 104 valence electrons. The Morgan fingerprint density at radius 2 is 1.67 bits per heavy atom. The zero-order valence-electron chi connectivity index (χ0n) is 11.7. The fourth-order valence-electron chi connectivity index (χ4n) is 2.21. The molecule has 4 nitrogen and oxygen atoms in total. The first kappa shape index (κ1) is 13.1. The highest BCUT2D eigenvalue weighted by Crippen LogP contribution is 2.09. The van der Waals surface area contributed by atoms with Gasteiger partial charge in [0.2, 0.25) is 0 Å². The van der Waals surface area contributed by atoms with Crippen molar-refractivity contribution in [3.63, 3.8) is 0 Å². The third-order valence-corrected chi connectivity index (χ3v) is 3.36. The molecule has 2 aromatic carbocycles. The van der Waals surface area contributed by atoms with Crippen molar-refractivity contribution in [2.75, 3.05) is 0 Å². The number of para-hydroxylation sites is 1. The summed E-state index contributed by atoms with van der Waals surface area (Å²) < 4.78 is 1.95. The lowest BCUT2D eigenvalue weighted by Gasteiger charge is -2.06. The second-order valence-electron chi connectivity index (χ2n) is 4.73. The quantitative estimate of drug-likeness (QED) is 0.718. The van der Waals surface area contributed by atoms with E-state index in [1.807, 2.05) is 66.2 Å². The summed E-state index contributed by atoms with van der Waals surface area (Å²) in [4.78, 5) is 12.0. The fraction of sp³-hybridized carbons (Fsp3) is 0.0588. The molecule has 0 saturated heterocycles. The molecule has 0 aliphatic heterocycles. The van der Waals surface area contributed by atoms with Gasteiger partial charge in [0.1, 0.15) is 0 Å². The standard InChI is InChI=1S/C17H15N3O/c1-20-15-10-6-5-7-13(15)11-12-16(20)18-19-17(21)14-8-3-2-4-9-14/h2-12H,1H3,(H,19,21)/b18-16+. The van der Waals surface area contributed by atoms with Crippen molar-refractivity contribution in [3.05, 3.63) is 77.8 Å². The van der Waals surface area contributed by atoms with Gasteiger partial charge in [0.05, 0.1) is 0 Å². The number of aryl methyl sites for hydroxylation is 1. The molecule has 0 fully saturated rings. The molecule has 4 heteroatoms. The maximum Gasteiger partial charge on any atom is 0.271 e. The molecule has 1 N–H and O–H groups in total. The number of carbonyl (C=O) groups excluding carboxylic acids is 1. The van der Waals surface area contributed by atoms with Gasteiger partial charge >= 0.3 is 0 Å². The molecule has 0 atom stereocenters. The van der Waals surface area contributed by atoms with Gasteiger partial charge in [-0.25, -0.2) is 5.43 Å². The van der Waals surface area contributed by atoms with E-state index in [9.17, 15) is 4.79 Å². The molecule has 1 amide bonds. The largest absolute Gasteiger partial charge is 0.328 e. The maximum atomic E-state index is 12.0. The number of hydrogen-bond donors (Lipinski definition) is 1. The third-order valence-electron chi connectivity index (χ3n) is 3.36. The van der Waals surface area contributed by atoms with Crippen molar-refractivity contribution < 1.29 is 4.79 Å². The Bertz CT molecular complexity index is 851. The summed E-state index contributed by atoms with van der Waals surface area (Å²) in [6.45, 7) is 0. The molecule has 0 unspecified atom stereocenters. The number of nitrogens with zero attached hydrogens (tertiary/aromatic N) is 2. The van der Waals surface area contributed by atoms with E-state index in [0.29, 0.717) is 11.1 Å². The van der Waals surface area contributed by atoms with Crippen molar-refractivity contribution >= 4 is 16.8 Å². The number of rotatable bonds is 2. The van der Waals surface area contributed by atoms with Crippen LogP contribution in [0.3, 0.4) is 0 Å². The van der Waals surface area contributed by atoms with Crippen LogP contribution in [0.4, 0.5) is 0 Å². The second-order valence-corrected chi connectivity index (χ2v) is 4.73. The second kappa shape index (κ2) is 5.63. The third kappa shape index (κ3) is 2.69. The topological polar surface area (TPSA) is 46.4 Å². The average Bonchev–Trinajstić information content (AvgIpc) is 2.55. The van der Waals surface area contributed by atoms with Gasteiger partial charge in [-0.05, 0) is 35.7 Å². The minimum absolute atomic E-state index is 0.219. The van der Waals surface area contributed by atoms with E-state index in [1.165, 1.54) is 0 Å². The van der Waals surface area contributed by atoms with Crippen LogP contribution in [0.5, 0.6) is 0 Å². The highest BCUT2D eigenvalue weighted by Gasteiger charge is 2.02. The van der Waals surface area contributed by atoms with Gasteiger partial charge in [0, 0.05) is 18.1 Å². The van der Waals surface area contributed by atoms with E-state index < -0.39 is 0 Å². The molecular weight excluding hydrogens is 262 g/mol. The number of fused-ring (bicyclic) bond motifs is 1. The van der Waals surface area contributed by atoms with Crippen LogP contribution in [-0.2, 0) is 7.05 Å². The van der Waals surface area contributed by atoms with Gasteiger partial charge < -0.3 is 4.57 Å². The zero-order chi connectivity index (χ0) is 14.7. The van der Waals surface area contributed by atoms with Gasteiger partial charge in [-0.15, -0.1) is 0 Å². The average molecular weight is 277 g/mol. The Morgan fingerprint density at radius 1 is 0.952 bits per heavy atom. The minimum Gasteiger partial charge on any atom is -0.328 e. The fourth-order valence-corrected chi connectivity index (χ4v) is 2.21. The van der Waals surface area contributed by atoms with Gasteiger partial charge in [-0.2, -0.15) is 5.10 Å². The van der Waals surface area contributed by atoms with Crippen LogP contribution < -0.4 is 10.9 Å². The van der Waals surface area contributed by atoms with Gasteiger partial charge in [-0.1, -0.05) is 36.4 Å². The summed E-state index contributed by atoms with van der Waals surface area (Å²) in [6.07, 6.45) is 0. The molecule has 1 aromatic heterocycles. The number of benzene rings is 2. The Morgan fingerprint density at radius 3 is 2.48 bits per heavy atom. The van der Waals surface area contributed by atoms with Crippen molar-refractivity contribution in [3.8, 4) is 0 Å². The monoisotopic (exact) mass is 277 g/mol. The predicted molar refractivity (Wildman–Crippen MR) is 82.4 cm³/mol. The number of amides is 1. The summed E-state index contributed by atoms with van der Waals surface area (Å²) in [6, 6.07) is 20.9. The van der Waals surface area contributed by atoms with Crippen molar-refractivity contribution in [2.24, 2.45) is 12.1 Å². The Hall–Kier alpha value is -2.88. The molecule has 3 aromatic rings. The molecule has 0 bridgehead atoms. The molecule has 1 heterocycles. The van der Waals surface area contributed by atoms with E-state index in [-0.39, 0.29) is 5.91 Å². The first-order valence-electron chi connectivity index (χ1n) is 6.69. The molecule has 0 radical (unpaired) electrons. The number of hydrogen-bond acceptors (Lipinski definition) is 2. The lowest BCUT2D eigenvalue weighted by Crippen LogP contribution is -2.26. The van der Waals surface area contributed by atoms with Gasteiger partial charge in [0.15, 0.2) is 5.49 Å². The van der Waals surface area contributed by atoms with Crippen LogP contribution >= 0.6 is 0 Å². The molecule has 3 rings (SSSR count). The van der Waals surface area contributed by atoms with E-state index in [2.05, 4.69) is 10.5 Å². The normalized spacial score (nSPS) is 11.6. The summed E-state index contributed by atoms with van der Waals surface area (Å²) in [5.74, 6) is -0.219. The lowest BCUT2D eigenvalue weighted by atomic mass is 10.2.